The zero-order valence-electron chi connectivity index (χ0n) is 14.4. The van der Waals surface area contributed by atoms with Gasteiger partial charge in [-0.1, -0.05) is 89.6 Å². The predicted octanol–water partition coefficient (Wildman–Crippen LogP) is 6.11. The minimum atomic E-state index is 0.537. The van der Waals surface area contributed by atoms with Gasteiger partial charge in [0.05, 0.1) is 0 Å². The second kappa shape index (κ2) is 11.8. The smallest absolute Gasteiger partial charge is 0.0320 e. The fraction of sp³-hybridized carbons (Fsp3) is 0.700. The van der Waals surface area contributed by atoms with Gasteiger partial charge in [0.15, 0.2) is 0 Å². The minimum Gasteiger partial charge on any atom is -0.310 e. The lowest BCUT2D eigenvalue weighted by atomic mass is 9.91. The summed E-state index contributed by atoms with van der Waals surface area (Å²) in [6, 6.07) is 11.5. The van der Waals surface area contributed by atoms with Crippen LogP contribution in [0.1, 0.15) is 83.7 Å². The Kier molecular flexibility index (Phi) is 10.2. The summed E-state index contributed by atoms with van der Waals surface area (Å²) in [7, 11) is 0. The van der Waals surface area contributed by atoms with E-state index in [1.54, 1.807) is 0 Å². The van der Waals surface area contributed by atoms with Gasteiger partial charge in [0, 0.05) is 6.04 Å². The Morgan fingerprint density at radius 3 is 2.19 bits per heavy atom. The lowest BCUT2D eigenvalue weighted by Gasteiger charge is -2.21. The quantitative estimate of drug-likeness (QED) is 0.489. The maximum Gasteiger partial charge on any atom is 0.0320 e. The summed E-state index contributed by atoms with van der Waals surface area (Å²) in [5.74, 6) is 0.938. The van der Waals surface area contributed by atoms with E-state index in [9.17, 15) is 0 Å². The average Bonchev–Trinajstić information content (AvgIpc) is 2.54. The molecule has 0 aromatic heterocycles. The van der Waals surface area contributed by atoms with Crippen LogP contribution in [0.15, 0.2) is 30.3 Å². The second-order valence-electron chi connectivity index (χ2n) is 6.26. The third-order valence-corrected chi connectivity index (χ3v) is 4.49. The number of nitrogens with one attached hydrogen (secondary N) is 1. The molecule has 0 aliphatic rings. The minimum absolute atomic E-state index is 0.537. The number of benzene rings is 1. The molecule has 2 unspecified atom stereocenters. The fourth-order valence-corrected chi connectivity index (χ4v) is 3.05. The van der Waals surface area contributed by atoms with Gasteiger partial charge < -0.3 is 5.32 Å². The Balaban J connectivity index is 2.42. The van der Waals surface area contributed by atoms with Crippen LogP contribution in [0.4, 0.5) is 0 Å². The van der Waals surface area contributed by atoms with E-state index in [0.29, 0.717) is 6.04 Å². The molecule has 1 rings (SSSR count). The van der Waals surface area contributed by atoms with Crippen molar-refractivity contribution in [3.05, 3.63) is 35.9 Å². The van der Waals surface area contributed by atoms with E-state index in [1.807, 2.05) is 0 Å². The molecule has 0 aliphatic carbocycles. The summed E-state index contributed by atoms with van der Waals surface area (Å²) in [5, 5.41) is 3.72. The summed E-state index contributed by atoms with van der Waals surface area (Å²) < 4.78 is 0. The maximum atomic E-state index is 3.72. The summed E-state index contributed by atoms with van der Waals surface area (Å²) >= 11 is 0. The van der Waals surface area contributed by atoms with Crippen LogP contribution < -0.4 is 5.32 Å². The molecule has 0 spiro atoms. The molecule has 0 aliphatic heterocycles. The van der Waals surface area contributed by atoms with E-state index in [4.69, 9.17) is 0 Å². The Morgan fingerprint density at radius 1 is 0.857 bits per heavy atom. The van der Waals surface area contributed by atoms with Gasteiger partial charge >= 0.3 is 0 Å². The molecule has 1 heteroatoms. The molecule has 0 saturated heterocycles. The molecule has 0 bridgehead atoms. The molecule has 1 aromatic carbocycles. The third kappa shape index (κ3) is 7.66. The highest BCUT2D eigenvalue weighted by molar-refractivity contribution is 5.18. The Labute approximate surface area is 132 Å². The number of unbranched alkanes of at least 4 members (excludes halogenated alkanes) is 1. The molecule has 120 valence electrons. The summed E-state index contributed by atoms with van der Waals surface area (Å²) in [6.45, 7) is 8.01. The SMILES string of the molecule is CCCCC(CC)CCCC(NCCC)c1ccccc1. The molecule has 0 fully saturated rings. The van der Waals surface area contributed by atoms with Gasteiger partial charge in [-0.3, -0.25) is 0 Å². The van der Waals surface area contributed by atoms with Crippen molar-refractivity contribution >= 4 is 0 Å². The summed E-state index contributed by atoms with van der Waals surface area (Å²) in [6.07, 6.45) is 10.7. The van der Waals surface area contributed by atoms with Gasteiger partial charge in [-0.2, -0.15) is 0 Å². The van der Waals surface area contributed by atoms with Crippen molar-refractivity contribution < 1.29 is 0 Å². The molecule has 1 nitrogen and oxygen atoms in total. The predicted molar refractivity (Wildman–Crippen MR) is 94.6 cm³/mol. The van der Waals surface area contributed by atoms with Crippen LogP contribution in [0, 0.1) is 5.92 Å². The topological polar surface area (TPSA) is 12.0 Å². The molecule has 21 heavy (non-hydrogen) atoms. The van der Waals surface area contributed by atoms with Crippen molar-refractivity contribution in [3.63, 3.8) is 0 Å². The molecule has 1 N–H and O–H groups in total. The molecule has 0 amide bonds. The van der Waals surface area contributed by atoms with Crippen molar-refractivity contribution in [3.8, 4) is 0 Å². The highest BCUT2D eigenvalue weighted by Gasteiger charge is 2.12. The van der Waals surface area contributed by atoms with Crippen molar-refractivity contribution in [2.24, 2.45) is 5.92 Å². The normalized spacial score (nSPS) is 14.0. The molecular formula is C20H35N. The van der Waals surface area contributed by atoms with E-state index in [1.165, 1.54) is 56.9 Å². The average molecular weight is 290 g/mol. The standard InChI is InChI=1S/C20H35N/c1-4-7-12-18(6-3)13-11-16-20(21-17-5-2)19-14-9-8-10-15-19/h8-10,14-15,18,20-21H,4-7,11-13,16-17H2,1-3H3. The Bertz CT molecular complexity index is 333. The van der Waals surface area contributed by atoms with Crippen LogP contribution in [-0.4, -0.2) is 6.54 Å². The first-order valence-corrected chi connectivity index (χ1v) is 9.10. The number of hydrogen-bond donors (Lipinski definition) is 1. The Morgan fingerprint density at radius 2 is 1.57 bits per heavy atom. The van der Waals surface area contributed by atoms with E-state index in [2.05, 4.69) is 56.4 Å². The lowest BCUT2D eigenvalue weighted by Crippen LogP contribution is -2.22. The van der Waals surface area contributed by atoms with Crippen molar-refractivity contribution in [2.45, 2.75) is 78.2 Å². The zero-order chi connectivity index (χ0) is 15.3. The van der Waals surface area contributed by atoms with Crippen molar-refractivity contribution in [1.82, 2.24) is 5.32 Å². The second-order valence-corrected chi connectivity index (χ2v) is 6.26. The maximum absolute atomic E-state index is 3.72. The van der Waals surface area contributed by atoms with Gasteiger partial charge in [0.25, 0.3) is 0 Å². The molecule has 0 heterocycles. The first-order chi connectivity index (χ1) is 10.3. The number of rotatable bonds is 12. The molecule has 0 saturated carbocycles. The fourth-order valence-electron chi connectivity index (χ4n) is 3.05. The van der Waals surface area contributed by atoms with Crippen molar-refractivity contribution in [2.75, 3.05) is 6.54 Å². The first kappa shape index (κ1) is 18.2. The van der Waals surface area contributed by atoms with Crippen LogP contribution in [0.5, 0.6) is 0 Å². The highest BCUT2D eigenvalue weighted by atomic mass is 14.9. The van der Waals surface area contributed by atoms with Gasteiger partial charge in [-0.15, -0.1) is 0 Å². The molecule has 0 radical (unpaired) electrons. The largest absolute Gasteiger partial charge is 0.310 e. The molecule has 2 atom stereocenters. The van der Waals surface area contributed by atoms with Crippen molar-refractivity contribution in [1.29, 1.82) is 0 Å². The summed E-state index contributed by atoms with van der Waals surface area (Å²) in [4.78, 5) is 0. The van der Waals surface area contributed by atoms with Gasteiger partial charge in [0.1, 0.15) is 0 Å². The van der Waals surface area contributed by atoms with Crippen LogP contribution >= 0.6 is 0 Å². The number of hydrogen-bond acceptors (Lipinski definition) is 1. The monoisotopic (exact) mass is 289 g/mol. The van der Waals surface area contributed by atoms with E-state index >= 15 is 0 Å². The molecule has 1 aromatic rings. The van der Waals surface area contributed by atoms with Gasteiger partial charge in [-0.05, 0) is 30.9 Å². The Hall–Kier alpha value is -0.820. The first-order valence-electron chi connectivity index (χ1n) is 9.10. The lowest BCUT2D eigenvalue weighted by molar-refractivity contribution is 0.382. The van der Waals surface area contributed by atoms with E-state index in [0.717, 1.165) is 12.5 Å². The zero-order valence-corrected chi connectivity index (χ0v) is 14.4. The van der Waals surface area contributed by atoms with Gasteiger partial charge in [-0.25, -0.2) is 0 Å². The van der Waals surface area contributed by atoms with Crippen LogP contribution in [0.3, 0.4) is 0 Å². The van der Waals surface area contributed by atoms with Crippen LogP contribution in [0.2, 0.25) is 0 Å². The van der Waals surface area contributed by atoms with Crippen LogP contribution in [0.25, 0.3) is 0 Å². The third-order valence-electron chi connectivity index (χ3n) is 4.49. The van der Waals surface area contributed by atoms with Crippen LogP contribution in [-0.2, 0) is 0 Å². The van der Waals surface area contributed by atoms with Gasteiger partial charge in [0.2, 0.25) is 0 Å². The van der Waals surface area contributed by atoms with E-state index < -0.39 is 0 Å². The summed E-state index contributed by atoms with van der Waals surface area (Å²) in [5.41, 5.74) is 1.45. The van der Waals surface area contributed by atoms with E-state index in [-0.39, 0.29) is 0 Å². The molecular weight excluding hydrogens is 254 g/mol. The highest BCUT2D eigenvalue weighted by Crippen LogP contribution is 2.24.